The summed E-state index contributed by atoms with van der Waals surface area (Å²) < 4.78 is 11.2. The molecule has 1 N–H and O–H groups in total. The van der Waals surface area contributed by atoms with Crippen molar-refractivity contribution in [2.24, 2.45) is 0 Å². The van der Waals surface area contributed by atoms with Gasteiger partial charge in [0.25, 0.3) is 5.91 Å². The van der Waals surface area contributed by atoms with E-state index in [1.807, 2.05) is 63.2 Å². The fourth-order valence-corrected chi connectivity index (χ4v) is 2.20. The molecule has 0 saturated heterocycles. The van der Waals surface area contributed by atoms with Crippen LogP contribution in [0.3, 0.4) is 0 Å². The molecule has 2 aromatic rings. The van der Waals surface area contributed by atoms with Crippen LogP contribution in [0.1, 0.15) is 36.7 Å². The van der Waals surface area contributed by atoms with E-state index in [0.717, 1.165) is 11.3 Å². The average Bonchev–Trinajstić information content (AvgIpc) is 2.53. The number of rotatable bonds is 7. The second kappa shape index (κ2) is 8.22. The van der Waals surface area contributed by atoms with Gasteiger partial charge in [-0.15, -0.1) is 0 Å². The maximum Gasteiger partial charge on any atom is 0.255 e. The van der Waals surface area contributed by atoms with Crippen LogP contribution in [0.15, 0.2) is 48.5 Å². The second-order valence-electron chi connectivity index (χ2n) is 5.43. The Balaban J connectivity index is 2.04. The summed E-state index contributed by atoms with van der Waals surface area (Å²) in [6, 6.07) is 15.0. The molecular formula is C19H23NO3. The molecule has 4 nitrogen and oxygen atoms in total. The van der Waals surface area contributed by atoms with Crippen LogP contribution in [0.2, 0.25) is 0 Å². The summed E-state index contributed by atoms with van der Waals surface area (Å²) in [5.74, 6) is 1.26. The highest BCUT2D eigenvalue weighted by atomic mass is 16.5. The van der Waals surface area contributed by atoms with Gasteiger partial charge in [-0.2, -0.15) is 0 Å². The molecule has 0 unspecified atom stereocenters. The number of ether oxygens (including phenoxy) is 2. The van der Waals surface area contributed by atoms with Gasteiger partial charge in [0.2, 0.25) is 0 Å². The number of hydrogen-bond acceptors (Lipinski definition) is 3. The lowest BCUT2D eigenvalue weighted by molar-refractivity contribution is 0.0945. The maximum atomic E-state index is 12.4. The number of amides is 1. The predicted molar refractivity (Wildman–Crippen MR) is 91.0 cm³/mol. The van der Waals surface area contributed by atoms with E-state index in [2.05, 4.69) is 5.32 Å². The van der Waals surface area contributed by atoms with E-state index >= 15 is 0 Å². The minimum atomic E-state index is -0.150. The minimum absolute atomic E-state index is 0.0202. The maximum absolute atomic E-state index is 12.4. The summed E-state index contributed by atoms with van der Waals surface area (Å²) in [6.45, 7) is 6.88. The van der Waals surface area contributed by atoms with Crippen molar-refractivity contribution in [1.29, 1.82) is 0 Å². The van der Waals surface area contributed by atoms with Crippen LogP contribution < -0.4 is 14.8 Å². The molecule has 0 aliphatic carbocycles. The fourth-order valence-electron chi connectivity index (χ4n) is 2.20. The molecule has 2 rings (SSSR count). The molecule has 1 amide bonds. The Morgan fingerprint density at radius 2 is 1.91 bits per heavy atom. The normalized spacial score (nSPS) is 10.4. The lowest BCUT2D eigenvalue weighted by atomic mass is 10.1. The van der Waals surface area contributed by atoms with E-state index in [1.165, 1.54) is 0 Å². The predicted octanol–water partition coefficient (Wildman–Crippen LogP) is 3.80. The van der Waals surface area contributed by atoms with Crippen molar-refractivity contribution >= 4 is 5.91 Å². The largest absolute Gasteiger partial charge is 0.494 e. The van der Waals surface area contributed by atoms with E-state index in [-0.39, 0.29) is 12.0 Å². The van der Waals surface area contributed by atoms with Crippen LogP contribution >= 0.6 is 0 Å². The summed E-state index contributed by atoms with van der Waals surface area (Å²) >= 11 is 0. The first-order valence-electron chi connectivity index (χ1n) is 7.85. The second-order valence-corrected chi connectivity index (χ2v) is 5.43. The lowest BCUT2D eigenvalue weighted by Gasteiger charge is -2.14. The Bertz CT molecular complexity index is 653. The van der Waals surface area contributed by atoms with E-state index in [0.29, 0.717) is 24.5 Å². The number of carbonyl (C=O) groups is 1. The molecule has 0 aliphatic heterocycles. The SMILES string of the molecule is CCOc1cccc(CNC(=O)c2ccccc2OC(C)C)c1. The molecule has 0 bridgehead atoms. The molecule has 0 radical (unpaired) electrons. The molecule has 0 atom stereocenters. The topological polar surface area (TPSA) is 47.6 Å². The molecule has 122 valence electrons. The Hall–Kier alpha value is -2.49. The van der Waals surface area contributed by atoms with Crippen molar-refractivity contribution in [3.63, 3.8) is 0 Å². The van der Waals surface area contributed by atoms with Gasteiger partial charge in [-0.3, -0.25) is 4.79 Å². The van der Waals surface area contributed by atoms with Crippen LogP contribution in [-0.2, 0) is 6.54 Å². The summed E-state index contributed by atoms with van der Waals surface area (Å²) in [7, 11) is 0. The van der Waals surface area contributed by atoms with Crippen molar-refractivity contribution in [2.75, 3.05) is 6.61 Å². The molecule has 0 spiro atoms. The number of benzene rings is 2. The Morgan fingerprint density at radius 1 is 1.13 bits per heavy atom. The molecule has 0 aliphatic rings. The molecule has 2 aromatic carbocycles. The molecule has 0 aromatic heterocycles. The monoisotopic (exact) mass is 313 g/mol. The van der Waals surface area contributed by atoms with Gasteiger partial charge in [-0.25, -0.2) is 0 Å². The Kier molecular flexibility index (Phi) is 6.03. The van der Waals surface area contributed by atoms with E-state index < -0.39 is 0 Å². The van der Waals surface area contributed by atoms with E-state index in [4.69, 9.17) is 9.47 Å². The van der Waals surface area contributed by atoms with E-state index in [9.17, 15) is 4.79 Å². The van der Waals surface area contributed by atoms with Gasteiger partial charge < -0.3 is 14.8 Å². The molecular weight excluding hydrogens is 290 g/mol. The summed E-state index contributed by atoms with van der Waals surface area (Å²) in [5.41, 5.74) is 1.54. The van der Waals surface area contributed by atoms with Crippen LogP contribution in [0.25, 0.3) is 0 Å². The zero-order valence-corrected chi connectivity index (χ0v) is 13.8. The number of carbonyl (C=O) groups excluding carboxylic acids is 1. The van der Waals surface area contributed by atoms with Crippen molar-refractivity contribution in [3.05, 3.63) is 59.7 Å². The smallest absolute Gasteiger partial charge is 0.255 e. The number of nitrogens with one attached hydrogen (secondary N) is 1. The summed E-state index contributed by atoms with van der Waals surface area (Å²) in [4.78, 5) is 12.4. The van der Waals surface area contributed by atoms with Crippen molar-refractivity contribution in [1.82, 2.24) is 5.32 Å². The van der Waals surface area contributed by atoms with Gasteiger partial charge in [0.1, 0.15) is 11.5 Å². The quantitative estimate of drug-likeness (QED) is 0.845. The molecule has 23 heavy (non-hydrogen) atoms. The zero-order chi connectivity index (χ0) is 16.7. The molecule has 4 heteroatoms. The van der Waals surface area contributed by atoms with Gasteiger partial charge in [0.05, 0.1) is 18.3 Å². The third-order valence-electron chi connectivity index (χ3n) is 3.16. The van der Waals surface area contributed by atoms with Crippen LogP contribution in [0.4, 0.5) is 0 Å². The summed E-state index contributed by atoms with van der Waals surface area (Å²) in [5, 5.41) is 2.92. The molecule has 0 heterocycles. The average molecular weight is 313 g/mol. The van der Waals surface area contributed by atoms with E-state index in [1.54, 1.807) is 6.07 Å². The highest BCUT2D eigenvalue weighted by Crippen LogP contribution is 2.19. The minimum Gasteiger partial charge on any atom is -0.494 e. The Morgan fingerprint density at radius 3 is 2.65 bits per heavy atom. The highest BCUT2D eigenvalue weighted by Gasteiger charge is 2.12. The van der Waals surface area contributed by atoms with Gasteiger partial charge in [-0.05, 0) is 50.6 Å². The standard InChI is InChI=1S/C19H23NO3/c1-4-22-16-9-7-8-15(12-16)13-20-19(21)17-10-5-6-11-18(17)23-14(2)3/h5-12,14H,4,13H2,1-3H3,(H,20,21). The first-order chi connectivity index (χ1) is 11.1. The Labute approximate surface area is 137 Å². The third-order valence-corrected chi connectivity index (χ3v) is 3.16. The third kappa shape index (κ3) is 5.02. The van der Waals surface area contributed by atoms with Gasteiger partial charge >= 0.3 is 0 Å². The van der Waals surface area contributed by atoms with Crippen molar-refractivity contribution < 1.29 is 14.3 Å². The first kappa shape index (κ1) is 16.9. The summed E-state index contributed by atoms with van der Waals surface area (Å²) in [6.07, 6.45) is 0.0202. The molecule has 0 saturated carbocycles. The highest BCUT2D eigenvalue weighted by molar-refractivity contribution is 5.96. The van der Waals surface area contributed by atoms with Crippen LogP contribution in [-0.4, -0.2) is 18.6 Å². The first-order valence-corrected chi connectivity index (χ1v) is 7.85. The van der Waals surface area contributed by atoms with Crippen molar-refractivity contribution in [3.8, 4) is 11.5 Å². The number of para-hydroxylation sites is 1. The fraction of sp³-hybridized carbons (Fsp3) is 0.316. The van der Waals surface area contributed by atoms with Crippen molar-refractivity contribution in [2.45, 2.75) is 33.4 Å². The van der Waals surface area contributed by atoms with Gasteiger partial charge in [0, 0.05) is 6.54 Å². The van der Waals surface area contributed by atoms with Gasteiger partial charge in [-0.1, -0.05) is 24.3 Å². The van der Waals surface area contributed by atoms with Crippen LogP contribution in [0, 0.1) is 0 Å². The number of hydrogen-bond donors (Lipinski definition) is 1. The van der Waals surface area contributed by atoms with Gasteiger partial charge in [0.15, 0.2) is 0 Å². The zero-order valence-electron chi connectivity index (χ0n) is 13.8. The van der Waals surface area contributed by atoms with Crippen LogP contribution in [0.5, 0.6) is 11.5 Å². The lowest BCUT2D eigenvalue weighted by Crippen LogP contribution is -2.24. The molecule has 0 fully saturated rings.